The van der Waals surface area contributed by atoms with Crippen LogP contribution in [0.4, 0.5) is 0 Å². The van der Waals surface area contributed by atoms with E-state index in [2.05, 4.69) is 34.6 Å². The SMILES string of the molecule is N#Cc1cc2ccsc2c(S)c1CBr. The van der Waals surface area contributed by atoms with Gasteiger partial charge in [-0.15, -0.1) is 24.0 Å². The largest absolute Gasteiger partial charge is 0.192 e. The fourth-order valence-electron chi connectivity index (χ4n) is 1.37. The van der Waals surface area contributed by atoms with Crippen molar-refractivity contribution in [2.24, 2.45) is 0 Å². The molecule has 2 rings (SSSR count). The molecule has 0 unspecified atom stereocenters. The highest BCUT2D eigenvalue weighted by atomic mass is 79.9. The molecule has 0 radical (unpaired) electrons. The molecule has 2 aromatic rings. The summed E-state index contributed by atoms with van der Waals surface area (Å²) in [6, 6.07) is 6.13. The second-order valence-corrected chi connectivity index (χ2v) is 4.76. The van der Waals surface area contributed by atoms with E-state index in [0.717, 1.165) is 20.5 Å². The molecule has 0 atom stereocenters. The van der Waals surface area contributed by atoms with Gasteiger partial charge in [-0.1, -0.05) is 15.9 Å². The zero-order valence-electron chi connectivity index (χ0n) is 7.12. The van der Waals surface area contributed by atoms with Crippen molar-refractivity contribution in [3.05, 3.63) is 28.6 Å². The zero-order chi connectivity index (χ0) is 10.1. The molecule has 0 amide bonds. The smallest absolute Gasteiger partial charge is 0.0995 e. The Bertz CT molecular complexity index is 525. The van der Waals surface area contributed by atoms with Crippen LogP contribution in [0.2, 0.25) is 0 Å². The average molecular weight is 284 g/mol. The third kappa shape index (κ3) is 1.46. The fraction of sp³-hybridized carbons (Fsp3) is 0.100. The lowest BCUT2D eigenvalue weighted by Crippen LogP contribution is -1.88. The summed E-state index contributed by atoms with van der Waals surface area (Å²) in [5.74, 6) is 0. The lowest BCUT2D eigenvalue weighted by atomic mass is 10.1. The maximum atomic E-state index is 8.97. The maximum Gasteiger partial charge on any atom is 0.0995 e. The second-order valence-electron chi connectivity index (χ2n) is 2.84. The number of rotatable bonds is 1. The van der Waals surface area contributed by atoms with Crippen molar-refractivity contribution in [2.45, 2.75) is 10.2 Å². The Kier molecular flexibility index (Phi) is 2.82. The summed E-state index contributed by atoms with van der Waals surface area (Å²) in [6.45, 7) is 0. The molecule has 0 bridgehead atoms. The van der Waals surface area contributed by atoms with Crippen LogP contribution in [-0.2, 0) is 5.33 Å². The van der Waals surface area contributed by atoms with Gasteiger partial charge in [0.2, 0.25) is 0 Å². The van der Waals surface area contributed by atoms with Gasteiger partial charge in [-0.25, -0.2) is 0 Å². The number of thiophene rings is 1. The number of benzene rings is 1. The molecule has 1 aromatic heterocycles. The summed E-state index contributed by atoms with van der Waals surface area (Å²) in [6.07, 6.45) is 0. The Morgan fingerprint density at radius 2 is 2.36 bits per heavy atom. The maximum absolute atomic E-state index is 8.97. The van der Waals surface area contributed by atoms with E-state index in [1.165, 1.54) is 0 Å². The molecule has 0 aliphatic heterocycles. The van der Waals surface area contributed by atoms with Gasteiger partial charge in [-0.05, 0) is 28.5 Å². The minimum Gasteiger partial charge on any atom is -0.192 e. The van der Waals surface area contributed by atoms with Crippen molar-refractivity contribution in [1.29, 1.82) is 5.26 Å². The number of hydrogen-bond acceptors (Lipinski definition) is 3. The lowest BCUT2D eigenvalue weighted by Gasteiger charge is -2.04. The number of fused-ring (bicyclic) bond motifs is 1. The van der Waals surface area contributed by atoms with E-state index in [9.17, 15) is 0 Å². The van der Waals surface area contributed by atoms with Crippen LogP contribution in [0.1, 0.15) is 11.1 Å². The van der Waals surface area contributed by atoms with Gasteiger partial charge in [0.25, 0.3) is 0 Å². The highest BCUT2D eigenvalue weighted by Crippen LogP contribution is 2.33. The van der Waals surface area contributed by atoms with E-state index in [1.807, 2.05) is 17.5 Å². The van der Waals surface area contributed by atoms with Crippen LogP contribution in [0.25, 0.3) is 10.1 Å². The van der Waals surface area contributed by atoms with Gasteiger partial charge in [0.1, 0.15) is 0 Å². The van der Waals surface area contributed by atoms with Gasteiger partial charge in [-0.3, -0.25) is 0 Å². The van der Waals surface area contributed by atoms with Gasteiger partial charge in [-0.2, -0.15) is 5.26 Å². The minimum atomic E-state index is 0.669. The van der Waals surface area contributed by atoms with Crippen molar-refractivity contribution >= 4 is 50.0 Å². The standard InChI is InChI=1S/C10H6BrNS2/c11-4-8-7(5-12)3-6-1-2-14-10(6)9(8)13/h1-3,13H,4H2. The van der Waals surface area contributed by atoms with Crippen molar-refractivity contribution in [2.75, 3.05) is 0 Å². The predicted molar refractivity (Wildman–Crippen MR) is 66.4 cm³/mol. The second kappa shape index (κ2) is 3.93. The molecule has 0 saturated carbocycles. The zero-order valence-corrected chi connectivity index (χ0v) is 10.4. The summed E-state index contributed by atoms with van der Waals surface area (Å²) in [5.41, 5.74) is 1.68. The molecule has 1 aromatic carbocycles. The van der Waals surface area contributed by atoms with E-state index in [0.29, 0.717) is 10.9 Å². The Hall–Kier alpha value is -0.500. The first kappa shape index (κ1) is 10.0. The van der Waals surface area contributed by atoms with Gasteiger partial charge in [0, 0.05) is 14.9 Å². The van der Waals surface area contributed by atoms with Crippen LogP contribution in [0.5, 0.6) is 0 Å². The van der Waals surface area contributed by atoms with E-state index in [4.69, 9.17) is 5.26 Å². The quantitative estimate of drug-likeness (QED) is 0.622. The van der Waals surface area contributed by atoms with E-state index in [-0.39, 0.29) is 0 Å². The highest BCUT2D eigenvalue weighted by Gasteiger charge is 2.10. The number of hydrogen-bond donors (Lipinski definition) is 1. The Balaban J connectivity index is 2.87. The first-order valence-electron chi connectivity index (χ1n) is 3.96. The summed E-state index contributed by atoms with van der Waals surface area (Å²) >= 11 is 9.50. The van der Waals surface area contributed by atoms with Crippen molar-refractivity contribution in [3.8, 4) is 6.07 Å². The van der Waals surface area contributed by atoms with E-state index < -0.39 is 0 Å². The average Bonchev–Trinajstić information content (AvgIpc) is 2.65. The first-order valence-corrected chi connectivity index (χ1v) is 6.41. The van der Waals surface area contributed by atoms with Crippen LogP contribution in [0.15, 0.2) is 22.4 Å². The van der Waals surface area contributed by atoms with Crippen LogP contribution >= 0.6 is 39.9 Å². The molecule has 0 aliphatic carbocycles. The monoisotopic (exact) mass is 283 g/mol. The van der Waals surface area contributed by atoms with Crippen LogP contribution in [0.3, 0.4) is 0 Å². The summed E-state index contributed by atoms with van der Waals surface area (Å²) in [5, 5.41) is 12.8. The molecule has 0 N–H and O–H groups in total. The van der Waals surface area contributed by atoms with Gasteiger partial charge in [0.05, 0.1) is 11.6 Å². The summed E-state index contributed by atoms with van der Waals surface area (Å²) < 4.78 is 1.15. The fourth-order valence-corrected chi connectivity index (χ4v) is 3.50. The molecule has 1 heterocycles. The third-order valence-electron chi connectivity index (χ3n) is 2.08. The van der Waals surface area contributed by atoms with Crippen molar-refractivity contribution in [1.82, 2.24) is 0 Å². The van der Waals surface area contributed by atoms with Crippen LogP contribution in [-0.4, -0.2) is 0 Å². The molecule has 4 heteroatoms. The lowest BCUT2D eigenvalue weighted by molar-refractivity contribution is 1.30. The molecule has 0 fully saturated rings. The van der Waals surface area contributed by atoms with Crippen molar-refractivity contribution < 1.29 is 0 Å². The molecule has 70 valence electrons. The van der Waals surface area contributed by atoms with Crippen molar-refractivity contribution in [3.63, 3.8) is 0 Å². The van der Waals surface area contributed by atoms with Crippen LogP contribution < -0.4 is 0 Å². The normalized spacial score (nSPS) is 10.4. The highest BCUT2D eigenvalue weighted by molar-refractivity contribution is 9.08. The Morgan fingerprint density at radius 3 is 3.00 bits per heavy atom. The summed E-state index contributed by atoms with van der Waals surface area (Å²) in [7, 11) is 0. The summed E-state index contributed by atoms with van der Waals surface area (Å²) in [4.78, 5) is 0.922. The molecule has 1 nitrogen and oxygen atoms in total. The third-order valence-corrected chi connectivity index (χ3v) is 4.23. The van der Waals surface area contributed by atoms with E-state index >= 15 is 0 Å². The Morgan fingerprint density at radius 1 is 1.57 bits per heavy atom. The van der Waals surface area contributed by atoms with E-state index in [1.54, 1.807) is 11.3 Å². The number of halogens is 1. The Labute approximate surface area is 99.9 Å². The molecule has 0 saturated heterocycles. The predicted octanol–water partition coefficient (Wildman–Crippen LogP) is 3.96. The first-order chi connectivity index (χ1) is 6.77. The van der Waals surface area contributed by atoms with Gasteiger partial charge >= 0.3 is 0 Å². The molecular formula is C10H6BrNS2. The molecule has 0 aliphatic rings. The number of nitrogens with zero attached hydrogens (tertiary/aromatic N) is 1. The molecular weight excluding hydrogens is 278 g/mol. The van der Waals surface area contributed by atoms with Gasteiger partial charge in [0.15, 0.2) is 0 Å². The topological polar surface area (TPSA) is 23.8 Å². The number of nitriles is 1. The number of alkyl halides is 1. The van der Waals surface area contributed by atoms with Gasteiger partial charge < -0.3 is 0 Å². The molecule has 0 spiro atoms. The van der Waals surface area contributed by atoms with Crippen LogP contribution in [0, 0.1) is 11.3 Å². The minimum absolute atomic E-state index is 0.669. The molecule has 14 heavy (non-hydrogen) atoms. The number of thiol groups is 1.